The zero-order valence-electron chi connectivity index (χ0n) is 13.6. The van der Waals surface area contributed by atoms with Gasteiger partial charge in [0.05, 0.1) is 12.1 Å². The number of hydrogen-bond acceptors (Lipinski definition) is 3. The van der Waals surface area contributed by atoms with Crippen LogP contribution in [-0.4, -0.2) is 52.6 Å². The summed E-state index contributed by atoms with van der Waals surface area (Å²) < 4.78 is 13.0. The second-order valence-electron chi connectivity index (χ2n) is 6.87. The van der Waals surface area contributed by atoms with Crippen LogP contribution in [0.2, 0.25) is 0 Å². The fourth-order valence-electron chi connectivity index (χ4n) is 3.58. The minimum atomic E-state index is -0.417. The van der Waals surface area contributed by atoms with E-state index in [-0.39, 0.29) is 23.7 Å². The Morgan fingerprint density at radius 2 is 2.00 bits per heavy atom. The van der Waals surface area contributed by atoms with Crippen LogP contribution in [0.5, 0.6) is 0 Å². The van der Waals surface area contributed by atoms with Gasteiger partial charge in [0.25, 0.3) is 0 Å². The molecule has 0 bridgehead atoms. The molecule has 1 aromatic carbocycles. The van der Waals surface area contributed by atoms with E-state index in [0.29, 0.717) is 13.1 Å². The van der Waals surface area contributed by atoms with Gasteiger partial charge in [-0.25, -0.2) is 4.39 Å². The monoisotopic (exact) mass is 320 g/mol. The van der Waals surface area contributed by atoms with Crippen LogP contribution in [0.15, 0.2) is 24.3 Å². The zero-order chi connectivity index (χ0) is 16.4. The molecule has 2 aliphatic rings. The number of aliphatic hydroxyl groups is 1. The van der Waals surface area contributed by atoms with E-state index in [9.17, 15) is 14.3 Å². The average Bonchev–Trinajstić information content (AvgIpc) is 2.99. The van der Waals surface area contributed by atoms with Gasteiger partial charge in [0.15, 0.2) is 0 Å². The van der Waals surface area contributed by atoms with Gasteiger partial charge >= 0.3 is 0 Å². The van der Waals surface area contributed by atoms with E-state index in [0.717, 1.165) is 37.9 Å². The van der Waals surface area contributed by atoms with Gasteiger partial charge in [-0.3, -0.25) is 9.69 Å². The number of likely N-dealkylation sites (tertiary alicyclic amines) is 2. The molecule has 3 unspecified atom stereocenters. The second-order valence-corrected chi connectivity index (χ2v) is 6.87. The van der Waals surface area contributed by atoms with E-state index in [4.69, 9.17) is 0 Å². The van der Waals surface area contributed by atoms with Gasteiger partial charge in [0.1, 0.15) is 5.82 Å². The number of carbonyl (C=O) groups excluding carboxylic acids is 1. The van der Waals surface area contributed by atoms with Crippen LogP contribution in [0.25, 0.3) is 0 Å². The molecule has 5 heteroatoms. The van der Waals surface area contributed by atoms with Crippen LogP contribution in [0, 0.1) is 11.7 Å². The average molecular weight is 320 g/mol. The number of amides is 1. The van der Waals surface area contributed by atoms with E-state index in [1.54, 1.807) is 12.1 Å². The van der Waals surface area contributed by atoms with Crippen molar-refractivity contribution < 1.29 is 14.3 Å². The lowest BCUT2D eigenvalue weighted by atomic mass is 9.95. The fraction of sp³-hybridized carbons (Fsp3) is 0.611. The first-order chi connectivity index (χ1) is 11.0. The molecule has 1 N–H and O–H groups in total. The zero-order valence-corrected chi connectivity index (χ0v) is 13.6. The van der Waals surface area contributed by atoms with Crippen molar-refractivity contribution >= 4 is 5.91 Å². The topological polar surface area (TPSA) is 43.8 Å². The lowest BCUT2D eigenvalue weighted by molar-refractivity contribution is -0.140. The van der Waals surface area contributed by atoms with Crippen molar-refractivity contribution in [1.82, 2.24) is 9.80 Å². The molecule has 1 amide bonds. The Bertz CT molecular complexity index is 548. The molecule has 0 aliphatic carbocycles. The van der Waals surface area contributed by atoms with Crippen LogP contribution in [-0.2, 0) is 11.3 Å². The highest BCUT2D eigenvalue weighted by Crippen LogP contribution is 2.25. The summed E-state index contributed by atoms with van der Waals surface area (Å²) in [6.07, 6.45) is 2.31. The molecule has 2 fully saturated rings. The van der Waals surface area contributed by atoms with E-state index >= 15 is 0 Å². The molecule has 3 atom stereocenters. The van der Waals surface area contributed by atoms with Crippen molar-refractivity contribution in [3.05, 3.63) is 35.6 Å². The van der Waals surface area contributed by atoms with Crippen molar-refractivity contribution in [2.45, 2.75) is 44.9 Å². The summed E-state index contributed by atoms with van der Waals surface area (Å²) in [5, 5.41) is 10.0. The molecular weight excluding hydrogens is 295 g/mol. The molecule has 3 rings (SSSR count). The van der Waals surface area contributed by atoms with E-state index in [2.05, 4.69) is 4.90 Å². The summed E-state index contributed by atoms with van der Waals surface area (Å²) in [6, 6.07) is 6.37. The number of nitrogens with zero attached hydrogens (tertiary/aromatic N) is 2. The van der Waals surface area contributed by atoms with Crippen molar-refractivity contribution in [2.24, 2.45) is 5.92 Å². The first-order valence-electron chi connectivity index (χ1n) is 8.50. The molecule has 126 valence electrons. The third-order valence-electron chi connectivity index (χ3n) is 5.18. The Morgan fingerprint density at radius 1 is 1.26 bits per heavy atom. The Balaban J connectivity index is 1.64. The number of hydrogen-bond donors (Lipinski definition) is 1. The first kappa shape index (κ1) is 16.4. The van der Waals surface area contributed by atoms with Crippen LogP contribution in [0.1, 0.15) is 31.7 Å². The lowest BCUT2D eigenvalue weighted by Crippen LogP contribution is -2.51. The molecule has 0 saturated carbocycles. The maximum absolute atomic E-state index is 13.0. The molecule has 4 nitrogen and oxygen atoms in total. The predicted molar refractivity (Wildman–Crippen MR) is 86.2 cm³/mol. The predicted octanol–water partition coefficient (Wildman–Crippen LogP) is 2.02. The van der Waals surface area contributed by atoms with Gasteiger partial charge < -0.3 is 10.0 Å². The molecule has 0 aromatic heterocycles. The highest BCUT2D eigenvalue weighted by Gasteiger charge is 2.36. The molecule has 0 radical (unpaired) electrons. The minimum Gasteiger partial charge on any atom is -0.391 e. The number of rotatable bonds is 3. The first-order valence-corrected chi connectivity index (χ1v) is 8.50. The summed E-state index contributed by atoms with van der Waals surface area (Å²) in [5.74, 6) is 0.160. The number of carbonyl (C=O) groups is 1. The molecular formula is C18H25FN2O2. The molecule has 2 saturated heterocycles. The van der Waals surface area contributed by atoms with Crippen molar-refractivity contribution in [1.29, 1.82) is 0 Å². The summed E-state index contributed by atoms with van der Waals surface area (Å²) in [5.41, 5.74) is 1.03. The summed E-state index contributed by atoms with van der Waals surface area (Å²) in [6.45, 7) is 4.77. The van der Waals surface area contributed by atoms with Gasteiger partial charge in [-0.05, 0) is 49.4 Å². The smallest absolute Gasteiger partial charge is 0.240 e. The van der Waals surface area contributed by atoms with Gasteiger partial charge in [-0.2, -0.15) is 0 Å². The van der Waals surface area contributed by atoms with Gasteiger partial charge in [0.2, 0.25) is 5.91 Å². The molecule has 1 aromatic rings. The van der Waals surface area contributed by atoms with Crippen LogP contribution in [0.4, 0.5) is 4.39 Å². The van der Waals surface area contributed by atoms with E-state index < -0.39 is 6.10 Å². The summed E-state index contributed by atoms with van der Waals surface area (Å²) in [7, 11) is 0. The number of benzene rings is 1. The standard InChI is InChI=1S/C18H25FN2O2/c1-13-8-10-21(12-17(13)22)18(23)16-3-2-9-20(16)11-14-4-6-15(19)7-5-14/h4-7,13,16-17,22H,2-3,8-12H2,1H3. The maximum atomic E-state index is 13.0. The SMILES string of the molecule is CC1CCN(C(=O)C2CCCN2Cc2ccc(F)cc2)CC1O. The number of aliphatic hydroxyl groups excluding tert-OH is 1. The minimum absolute atomic E-state index is 0.111. The van der Waals surface area contributed by atoms with Crippen LogP contribution < -0.4 is 0 Å². The lowest BCUT2D eigenvalue weighted by Gasteiger charge is -2.37. The summed E-state index contributed by atoms with van der Waals surface area (Å²) in [4.78, 5) is 16.8. The van der Waals surface area contributed by atoms with Gasteiger partial charge in [0, 0.05) is 19.6 Å². The number of β-amino-alcohol motifs (C(OH)–C–C–N with tert-alkyl or cyclic N) is 1. The third kappa shape index (κ3) is 3.72. The molecule has 0 spiro atoms. The van der Waals surface area contributed by atoms with Crippen LogP contribution >= 0.6 is 0 Å². The Kier molecular flexibility index (Phi) is 4.97. The maximum Gasteiger partial charge on any atom is 0.240 e. The van der Waals surface area contributed by atoms with Crippen LogP contribution in [0.3, 0.4) is 0 Å². The van der Waals surface area contributed by atoms with Gasteiger partial charge in [-0.1, -0.05) is 19.1 Å². The molecule has 2 heterocycles. The summed E-state index contributed by atoms with van der Waals surface area (Å²) >= 11 is 0. The largest absolute Gasteiger partial charge is 0.391 e. The fourth-order valence-corrected chi connectivity index (χ4v) is 3.58. The van der Waals surface area contributed by atoms with E-state index in [1.165, 1.54) is 12.1 Å². The van der Waals surface area contributed by atoms with Crippen molar-refractivity contribution in [2.75, 3.05) is 19.6 Å². The Labute approximate surface area is 136 Å². The Hall–Kier alpha value is -1.46. The highest BCUT2D eigenvalue weighted by molar-refractivity contribution is 5.82. The normalized spacial score (nSPS) is 29.0. The Morgan fingerprint density at radius 3 is 2.70 bits per heavy atom. The van der Waals surface area contributed by atoms with Gasteiger partial charge in [-0.15, -0.1) is 0 Å². The molecule has 23 heavy (non-hydrogen) atoms. The quantitative estimate of drug-likeness (QED) is 0.927. The third-order valence-corrected chi connectivity index (χ3v) is 5.18. The molecule has 2 aliphatic heterocycles. The number of halogens is 1. The second kappa shape index (κ2) is 6.97. The van der Waals surface area contributed by atoms with Crippen molar-refractivity contribution in [3.8, 4) is 0 Å². The van der Waals surface area contributed by atoms with Crippen molar-refractivity contribution in [3.63, 3.8) is 0 Å². The number of piperidine rings is 1. The van der Waals surface area contributed by atoms with E-state index in [1.807, 2.05) is 11.8 Å². The highest BCUT2D eigenvalue weighted by atomic mass is 19.1.